The predicted molar refractivity (Wildman–Crippen MR) is 66.4 cm³/mol. The van der Waals surface area contributed by atoms with Crippen LogP contribution in [0.5, 0.6) is 11.5 Å². The molecule has 0 fully saturated rings. The minimum Gasteiger partial charge on any atom is -0.507 e. The molecule has 18 heavy (non-hydrogen) atoms. The lowest BCUT2D eigenvalue weighted by Gasteiger charge is -2.07. The van der Waals surface area contributed by atoms with Gasteiger partial charge >= 0.3 is 0 Å². The lowest BCUT2D eigenvalue weighted by atomic mass is 10.1. The Labute approximate surface area is 104 Å². The van der Waals surface area contributed by atoms with Crippen molar-refractivity contribution in [2.45, 2.75) is 6.54 Å². The van der Waals surface area contributed by atoms with Gasteiger partial charge in [-0.25, -0.2) is 0 Å². The third-order valence-electron chi connectivity index (χ3n) is 2.59. The standard InChI is InChI=1S/C13H14N2O3/c1-15-6-5-9(8-15)7-14-13(18)12-10(16)3-2-4-11(12)17/h2-6,8,16-17H,7H2,1H3,(H,14,18). The highest BCUT2D eigenvalue weighted by molar-refractivity contribution is 5.99. The number of hydrogen-bond donors (Lipinski definition) is 3. The van der Waals surface area contributed by atoms with E-state index < -0.39 is 5.91 Å². The number of nitrogens with one attached hydrogen (secondary N) is 1. The fourth-order valence-corrected chi connectivity index (χ4v) is 1.70. The lowest BCUT2D eigenvalue weighted by Crippen LogP contribution is -2.22. The topological polar surface area (TPSA) is 74.5 Å². The van der Waals surface area contributed by atoms with Gasteiger partial charge in [0.1, 0.15) is 17.1 Å². The maximum absolute atomic E-state index is 11.8. The van der Waals surface area contributed by atoms with Gasteiger partial charge in [0.15, 0.2) is 0 Å². The minimum atomic E-state index is -0.505. The van der Waals surface area contributed by atoms with E-state index in [4.69, 9.17) is 0 Å². The number of phenolic OH excluding ortho intramolecular Hbond substituents is 2. The summed E-state index contributed by atoms with van der Waals surface area (Å²) in [4.78, 5) is 11.8. The number of phenols is 2. The van der Waals surface area contributed by atoms with Gasteiger partial charge in [-0.15, -0.1) is 0 Å². The van der Waals surface area contributed by atoms with Crippen molar-refractivity contribution in [3.8, 4) is 11.5 Å². The van der Waals surface area contributed by atoms with Crippen LogP contribution in [-0.4, -0.2) is 20.7 Å². The summed E-state index contributed by atoms with van der Waals surface area (Å²) < 4.78 is 1.87. The molecule has 0 saturated carbocycles. The average Bonchev–Trinajstić information content (AvgIpc) is 2.72. The Morgan fingerprint density at radius 1 is 1.28 bits per heavy atom. The third kappa shape index (κ3) is 2.45. The number of hydrogen-bond acceptors (Lipinski definition) is 3. The number of aromatic nitrogens is 1. The number of nitrogens with zero attached hydrogens (tertiary/aromatic N) is 1. The maximum atomic E-state index is 11.8. The van der Waals surface area contributed by atoms with Crippen LogP contribution in [-0.2, 0) is 13.6 Å². The van der Waals surface area contributed by atoms with E-state index in [0.29, 0.717) is 6.54 Å². The largest absolute Gasteiger partial charge is 0.507 e. The van der Waals surface area contributed by atoms with E-state index >= 15 is 0 Å². The molecule has 0 aliphatic heterocycles. The molecule has 3 N–H and O–H groups in total. The summed E-state index contributed by atoms with van der Waals surface area (Å²) in [6.45, 7) is 0.341. The molecular weight excluding hydrogens is 232 g/mol. The molecule has 0 bridgehead atoms. The molecule has 2 rings (SSSR count). The number of amides is 1. The minimum absolute atomic E-state index is 0.103. The van der Waals surface area contributed by atoms with E-state index in [1.54, 1.807) is 0 Å². The smallest absolute Gasteiger partial charge is 0.259 e. The van der Waals surface area contributed by atoms with Gasteiger partial charge < -0.3 is 20.1 Å². The highest BCUT2D eigenvalue weighted by Crippen LogP contribution is 2.25. The van der Waals surface area contributed by atoms with Crippen molar-refractivity contribution in [1.29, 1.82) is 0 Å². The van der Waals surface area contributed by atoms with Gasteiger partial charge in [-0.05, 0) is 23.8 Å². The van der Waals surface area contributed by atoms with Crippen LogP contribution in [0.2, 0.25) is 0 Å². The molecule has 0 aliphatic carbocycles. The summed E-state index contributed by atoms with van der Waals surface area (Å²) in [5, 5.41) is 21.7. The normalized spacial score (nSPS) is 10.3. The molecule has 1 heterocycles. The zero-order chi connectivity index (χ0) is 13.1. The lowest BCUT2D eigenvalue weighted by molar-refractivity contribution is 0.0945. The Morgan fingerprint density at radius 3 is 2.50 bits per heavy atom. The zero-order valence-electron chi connectivity index (χ0n) is 9.92. The fourth-order valence-electron chi connectivity index (χ4n) is 1.70. The van der Waals surface area contributed by atoms with E-state index in [1.165, 1.54) is 18.2 Å². The van der Waals surface area contributed by atoms with E-state index in [0.717, 1.165) is 5.56 Å². The van der Waals surface area contributed by atoms with Crippen LogP contribution in [0.3, 0.4) is 0 Å². The van der Waals surface area contributed by atoms with Crippen molar-refractivity contribution in [3.63, 3.8) is 0 Å². The number of carbonyl (C=O) groups excluding carboxylic acids is 1. The van der Waals surface area contributed by atoms with Crippen molar-refractivity contribution in [3.05, 3.63) is 47.8 Å². The van der Waals surface area contributed by atoms with Gasteiger partial charge in [-0.1, -0.05) is 6.07 Å². The first-order valence-corrected chi connectivity index (χ1v) is 5.48. The van der Waals surface area contributed by atoms with Crippen LogP contribution in [0.25, 0.3) is 0 Å². The van der Waals surface area contributed by atoms with Crippen molar-refractivity contribution in [2.75, 3.05) is 0 Å². The average molecular weight is 246 g/mol. The Balaban J connectivity index is 2.08. The Kier molecular flexibility index (Phi) is 3.23. The summed E-state index contributed by atoms with van der Waals surface area (Å²) in [7, 11) is 1.89. The van der Waals surface area contributed by atoms with Crippen molar-refractivity contribution in [1.82, 2.24) is 9.88 Å². The number of carbonyl (C=O) groups is 1. The molecule has 0 aliphatic rings. The Hall–Kier alpha value is -2.43. The molecule has 0 atom stereocenters. The van der Waals surface area contributed by atoms with Gasteiger partial charge in [0.25, 0.3) is 5.91 Å². The van der Waals surface area contributed by atoms with Crippen molar-refractivity contribution >= 4 is 5.91 Å². The first-order valence-electron chi connectivity index (χ1n) is 5.48. The van der Waals surface area contributed by atoms with Crippen LogP contribution < -0.4 is 5.32 Å². The molecule has 94 valence electrons. The highest BCUT2D eigenvalue weighted by atomic mass is 16.3. The third-order valence-corrected chi connectivity index (χ3v) is 2.59. The predicted octanol–water partition coefficient (Wildman–Crippen LogP) is 1.37. The van der Waals surface area contributed by atoms with Crippen LogP contribution in [0, 0.1) is 0 Å². The van der Waals surface area contributed by atoms with E-state index in [-0.39, 0.29) is 17.1 Å². The number of aryl methyl sites for hydroxylation is 1. The summed E-state index contributed by atoms with van der Waals surface area (Å²) in [5.74, 6) is -0.976. The number of rotatable bonds is 3. The van der Waals surface area contributed by atoms with E-state index in [9.17, 15) is 15.0 Å². The fraction of sp³-hybridized carbons (Fsp3) is 0.154. The molecule has 5 heteroatoms. The first-order chi connectivity index (χ1) is 8.58. The van der Waals surface area contributed by atoms with Crippen molar-refractivity contribution in [2.24, 2.45) is 7.05 Å². The molecule has 0 saturated heterocycles. The summed E-state index contributed by atoms with van der Waals surface area (Å²) in [5.41, 5.74) is 0.842. The van der Waals surface area contributed by atoms with Gasteiger partial charge in [0, 0.05) is 26.0 Å². The molecular formula is C13H14N2O3. The molecule has 1 amide bonds. The molecule has 5 nitrogen and oxygen atoms in total. The van der Waals surface area contributed by atoms with E-state index in [2.05, 4.69) is 5.32 Å². The summed E-state index contributed by atoms with van der Waals surface area (Å²) in [6, 6.07) is 6.07. The SMILES string of the molecule is Cn1ccc(CNC(=O)c2c(O)cccc2O)c1. The highest BCUT2D eigenvalue weighted by Gasteiger charge is 2.15. The second kappa shape index (κ2) is 4.83. The second-order valence-electron chi connectivity index (χ2n) is 4.04. The number of aromatic hydroxyl groups is 2. The Morgan fingerprint density at radius 2 is 1.94 bits per heavy atom. The quantitative estimate of drug-likeness (QED) is 0.765. The molecule has 2 aromatic rings. The van der Waals surface area contributed by atoms with Gasteiger partial charge in [-0.2, -0.15) is 0 Å². The second-order valence-corrected chi connectivity index (χ2v) is 4.04. The van der Waals surface area contributed by atoms with Gasteiger partial charge in [-0.3, -0.25) is 4.79 Å². The number of benzene rings is 1. The molecule has 0 radical (unpaired) electrons. The van der Waals surface area contributed by atoms with Crippen LogP contribution in [0.1, 0.15) is 15.9 Å². The monoisotopic (exact) mass is 246 g/mol. The maximum Gasteiger partial charge on any atom is 0.259 e. The van der Waals surface area contributed by atoms with Gasteiger partial charge in [0.05, 0.1) is 0 Å². The van der Waals surface area contributed by atoms with Crippen LogP contribution >= 0.6 is 0 Å². The Bertz CT molecular complexity index is 555. The summed E-state index contributed by atoms with van der Waals surface area (Å²) in [6.07, 6.45) is 3.75. The van der Waals surface area contributed by atoms with Gasteiger partial charge in [0.2, 0.25) is 0 Å². The van der Waals surface area contributed by atoms with Crippen LogP contribution in [0.15, 0.2) is 36.7 Å². The van der Waals surface area contributed by atoms with E-state index in [1.807, 2.05) is 30.1 Å². The first kappa shape index (κ1) is 12.0. The van der Waals surface area contributed by atoms with Crippen LogP contribution in [0.4, 0.5) is 0 Å². The molecule has 1 aromatic heterocycles. The zero-order valence-corrected chi connectivity index (χ0v) is 9.92. The van der Waals surface area contributed by atoms with Crippen molar-refractivity contribution < 1.29 is 15.0 Å². The molecule has 0 spiro atoms. The molecule has 0 unspecified atom stereocenters. The summed E-state index contributed by atoms with van der Waals surface area (Å²) >= 11 is 0. The molecule has 1 aromatic carbocycles.